The molecule has 200 valence electrons. The lowest BCUT2D eigenvalue weighted by Crippen LogP contribution is -2.32. The predicted molar refractivity (Wildman–Crippen MR) is 154 cm³/mol. The minimum atomic E-state index is -0.549. The maximum absolute atomic E-state index is 12.5. The van der Waals surface area contributed by atoms with Crippen molar-refractivity contribution in [1.82, 2.24) is 0 Å². The summed E-state index contributed by atoms with van der Waals surface area (Å²) in [4.78, 5) is 12.5. The molecule has 5 rings (SSSR count). The Morgan fingerprint density at radius 2 is 1.74 bits per heavy atom. The van der Waals surface area contributed by atoms with Crippen molar-refractivity contribution < 1.29 is 23.4 Å². The lowest BCUT2D eigenvalue weighted by molar-refractivity contribution is 0.0700. The van der Waals surface area contributed by atoms with Crippen molar-refractivity contribution >= 4 is 22.9 Å². The number of hydrogen-bond acceptors (Lipinski definition) is 7. The van der Waals surface area contributed by atoms with E-state index in [2.05, 4.69) is 48.8 Å². The van der Waals surface area contributed by atoms with Gasteiger partial charge in [-0.3, -0.25) is 0 Å². The van der Waals surface area contributed by atoms with Gasteiger partial charge in [0.2, 0.25) is 5.76 Å². The van der Waals surface area contributed by atoms with Gasteiger partial charge in [-0.05, 0) is 74.4 Å². The van der Waals surface area contributed by atoms with Crippen molar-refractivity contribution in [3.63, 3.8) is 0 Å². The highest BCUT2D eigenvalue weighted by Crippen LogP contribution is 2.40. The van der Waals surface area contributed by atoms with Gasteiger partial charge in [0.1, 0.15) is 17.2 Å². The molecular formula is C32H32N2O5. The van der Waals surface area contributed by atoms with E-state index in [0.29, 0.717) is 18.0 Å². The average molecular weight is 525 g/mol. The van der Waals surface area contributed by atoms with E-state index < -0.39 is 5.97 Å². The number of rotatable bonds is 8. The molecule has 1 aromatic heterocycles. The van der Waals surface area contributed by atoms with Crippen LogP contribution in [0.25, 0.3) is 16.7 Å². The van der Waals surface area contributed by atoms with Gasteiger partial charge < -0.3 is 29.3 Å². The van der Waals surface area contributed by atoms with E-state index in [1.165, 1.54) is 11.8 Å². The molecule has 4 aromatic rings. The van der Waals surface area contributed by atoms with Crippen LogP contribution in [-0.2, 0) is 0 Å². The van der Waals surface area contributed by atoms with Crippen molar-refractivity contribution in [2.45, 2.75) is 26.3 Å². The fraction of sp³-hybridized carbons (Fsp3) is 0.219. The highest BCUT2D eigenvalue weighted by Gasteiger charge is 2.25. The first kappa shape index (κ1) is 26.0. The number of ether oxygens (including phenoxy) is 3. The van der Waals surface area contributed by atoms with Crippen molar-refractivity contribution in [3.05, 3.63) is 96.0 Å². The van der Waals surface area contributed by atoms with Gasteiger partial charge in [0.05, 0.1) is 31.7 Å². The number of esters is 1. The van der Waals surface area contributed by atoms with Crippen LogP contribution in [0.2, 0.25) is 0 Å². The number of anilines is 2. The van der Waals surface area contributed by atoms with Gasteiger partial charge in [0.15, 0.2) is 0 Å². The normalized spacial score (nSPS) is 13.5. The Bertz CT molecular complexity index is 1550. The summed E-state index contributed by atoms with van der Waals surface area (Å²) < 4.78 is 22.0. The Kier molecular flexibility index (Phi) is 7.07. The van der Waals surface area contributed by atoms with Crippen LogP contribution < -0.4 is 24.8 Å². The summed E-state index contributed by atoms with van der Waals surface area (Å²) in [5.74, 6) is 1.40. The summed E-state index contributed by atoms with van der Waals surface area (Å²) in [6, 6.07) is 21.3. The van der Waals surface area contributed by atoms with Crippen LogP contribution in [0.4, 0.5) is 11.4 Å². The van der Waals surface area contributed by atoms with Crippen molar-refractivity contribution in [2.24, 2.45) is 0 Å². The predicted octanol–water partition coefficient (Wildman–Crippen LogP) is 7.19. The minimum absolute atomic E-state index is 0.184. The van der Waals surface area contributed by atoms with Crippen LogP contribution in [0.5, 0.6) is 17.2 Å². The number of carbonyl (C=O) groups is 1. The fourth-order valence-electron chi connectivity index (χ4n) is 4.82. The van der Waals surface area contributed by atoms with Gasteiger partial charge in [-0.25, -0.2) is 4.79 Å². The van der Waals surface area contributed by atoms with Gasteiger partial charge >= 0.3 is 5.97 Å². The van der Waals surface area contributed by atoms with Gasteiger partial charge in [-0.1, -0.05) is 24.3 Å². The second-order valence-corrected chi connectivity index (χ2v) is 10.0. The molecule has 2 N–H and O–H groups in total. The second kappa shape index (κ2) is 10.6. The SMILES string of the molecule is COc1ccccc1NCC1=CC(C)(C)Nc2ccc(-c3ccc(OC(=O)c4occc4C)cc3OC)cc21. The summed E-state index contributed by atoms with van der Waals surface area (Å²) in [5, 5.41) is 7.15. The van der Waals surface area contributed by atoms with E-state index in [-0.39, 0.29) is 11.3 Å². The number of hydrogen-bond donors (Lipinski definition) is 2. The Balaban J connectivity index is 1.44. The molecule has 0 unspecified atom stereocenters. The maximum atomic E-state index is 12.5. The molecule has 0 amide bonds. The largest absolute Gasteiger partial charge is 0.496 e. The molecule has 0 saturated heterocycles. The van der Waals surface area contributed by atoms with E-state index in [1.54, 1.807) is 39.3 Å². The fourth-order valence-corrected chi connectivity index (χ4v) is 4.82. The van der Waals surface area contributed by atoms with E-state index in [0.717, 1.165) is 39.4 Å². The van der Waals surface area contributed by atoms with Crippen LogP contribution in [0.1, 0.15) is 35.5 Å². The molecule has 39 heavy (non-hydrogen) atoms. The van der Waals surface area contributed by atoms with Crippen LogP contribution in [0.3, 0.4) is 0 Å². The summed E-state index contributed by atoms with van der Waals surface area (Å²) in [7, 11) is 3.28. The molecule has 0 aliphatic carbocycles. The number of furan rings is 1. The molecule has 0 saturated carbocycles. The minimum Gasteiger partial charge on any atom is -0.496 e. The number of aryl methyl sites for hydroxylation is 1. The molecule has 2 heterocycles. The Hall–Kier alpha value is -4.65. The molecule has 0 bridgehead atoms. The van der Waals surface area contributed by atoms with Gasteiger partial charge in [0.25, 0.3) is 0 Å². The maximum Gasteiger partial charge on any atom is 0.379 e. The lowest BCUT2D eigenvalue weighted by atomic mass is 9.88. The van der Waals surface area contributed by atoms with E-state index in [4.69, 9.17) is 18.6 Å². The highest BCUT2D eigenvalue weighted by molar-refractivity contribution is 5.90. The molecule has 0 radical (unpaired) electrons. The second-order valence-electron chi connectivity index (χ2n) is 10.0. The average Bonchev–Trinajstić information content (AvgIpc) is 3.37. The van der Waals surface area contributed by atoms with E-state index in [1.807, 2.05) is 30.3 Å². The van der Waals surface area contributed by atoms with Gasteiger partial charge in [-0.2, -0.15) is 0 Å². The summed E-state index contributed by atoms with van der Waals surface area (Å²) in [6.07, 6.45) is 3.72. The van der Waals surface area contributed by atoms with Gasteiger partial charge in [-0.15, -0.1) is 0 Å². The third-order valence-electron chi connectivity index (χ3n) is 6.68. The Morgan fingerprint density at radius 1 is 0.949 bits per heavy atom. The van der Waals surface area contributed by atoms with Crippen LogP contribution >= 0.6 is 0 Å². The molecule has 0 fully saturated rings. The number of fused-ring (bicyclic) bond motifs is 1. The standard InChI is InChI=1S/C32H32N2O5/c1-20-14-15-38-30(20)31(35)39-23-11-12-24(29(17-23)37-5)21-10-13-26-25(16-21)22(18-32(2,3)34-26)19-33-27-8-6-7-9-28(27)36-4/h6-18,33-34H,19H2,1-5H3. The molecule has 1 aliphatic rings. The monoisotopic (exact) mass is 524 g/mol. The first-order valence-corrected chi connectivity index (χ1v) is 12.7. The molecule has 7 heteroatoms. The summed E-state index contributed by atoms with van der Waals surface area (Å²) >= 11 is 0. The molecule has 1 aliphatic heterocycles. The zero-order valence-corrected chi connectivity index (χ0v) is 22.8. The first-order valence-electron chi connectivity index (χ1n) is 12.7. The number of para-hydroxylation sites is 2. The number of nitrogens with one attached hydrogen (secondary N) is 2. The lowest BCUT2D eigenvalue weighted by Gasteiger charge is -2.33. The third-order valence-corrected chi connectivity index (χ3v) is 6.68. The number of benzene rings is 3. The number of methoxy groups -OCH3 is 2. The molecule has 7 nitrogen and oxygen atoms in total. The molecule has 0 spiro atoms. The summed E-state index contributed by atoms with van der Waals surface area (Å²) in [5.41, 5.74) is 6.64. The van der Waals surface area contributed by atoms with Crippen molar-refractivity contribution in [3.8, 4) is 28.4 Å². The topological polar surface area (TPSA) is 82.0 Å². The van der Waals surface area contributed by atoms with Crippen LogP contribution in [-0.4, -0.2) is 32.3 Å². The van der Waals surface area contributed by atoms with E-state index in [9.17, 15) is 4.79 Å². The molecule has 3 aromatic carbocycles. The van der Waals surface area contributed by atoms with Gasteiger partial charge in [0, 0.05) is 35.0 Å². The smallest absolute Gasteiger partial charge is 0.379 e. The summed E-state index contributed by atoms with van der Waals surface area (Å²) in [6.45, 7) is 6.73. The quantitative estimate of drug-likeness (QED) is 0.186. The Labute approximate surface area is 228 Å². The highest BCUT2D eigenvalue weighted by atomic mass is 16.5. The van der Waals surface area contributed by atoms with Crippen LogP contribution in [0, 0.1) is 6.92 Å². The number of carbonyl (C=O) groups excluding carboxylic acids is 1. The van der Waals surface area contributed by atoms with Crippen LogP contribution in [0.15, 0.2) is 83.5 Å². The van der Waals surface area contributed by atoms with Crippen molar-refractivity contribution in [1.29, 1.82) is 0 Å². The Morgan fingerprint density at radius 3 is 2.49 bits per heavy atom. The zero-order chi connectivity index (χ0) is 27.6. The van der Waals surface area contributed by atoms with Crippen molar-refractivity contribution in [2.75, 3.05) is 31.4 Å². The zero-order valence-electron chi connectivity index (χ0n) is 22.8. The third kappa shape index (κ3) is 5.48. The molecular weight excluding hydrogens is 492 g/mol. The van der Waals surface area contributed by atoms with E-state index >= 15 is 0 Å². The molecule has 0 atom stereocenters. The first-order chi connectivity index (χ1) is 18.8.